The molecule has 0 aliphatic heterocycles. The van der Waals surface area contributed by atoms with E-state index in [1.165, 1.54) is 23.5 Å². The molecule has 0 bridgehead atoms. The van der Waals surface area contributed by atoms with Crippen LogP contribution < -0.4 is 20.7 Å². The summed E-state index contributed by atoms with van der Waals surface area (Å²) in [5, 5.41) is 7.93. The van der Waals surface area contributed by atoms with Crippen LogP contribution in [0.25, 0.3) is 20.9 Å². The summed E-state index contributed by atoms with van der Waals surface area (Å²) in [5.74, 6) is -1.02. The number of ether oxygens (including phenoxy) is 2. The Morgan fingerprint density at radius 1 is 1.16 bits per heavy atom. The Balaban J connectivity index is 0.00000259. The average Bonchev–Trinajstić information content (AvgIpc) is 3.60. The van der Waals surface area contributed by atoms with Gasteiger partial charge >= 0.3 is 6.03 Å². The van der Waals surface area contributed by atoms with E-state index in [1.54, 1.807) is 26.3 Å². The summed E-state index contributed by atoms with van der Waals surface area (Å²) in [7, 11) is 3.59. The van der Waals surface area contributed by atoms with Crippen molar-refractivity contribution in [1.82, 2.24) is 25.2 Å². The first kappa shape index (κ1) is 34.0. The minimum atomic E-state index is -0.861. The lowest BCUT2D eigenvalue weighted by Crippen LogP contribution is -2.28. The Hall–Kier alpha value is -4.46. The van der Waals surface area contributed by atoms with Crippen molar-refractivity contribution < 1.29 is 27.4 Å². The molecule has 1 aromatic carbocycles. The largest absolute Gasteiger partial charge is 0.453 e. The van der Waals surface area contributed by atoms with E-state index in [2.05, 4.69) is 39.1 Å². The molecule has 0 spiro atoms. The number of amides is 2. The first-order valence-electron chi connectivity index (χ1n) is 13.6. The molecule has 44 heavy (non-hydrogen) atoms. The SMILES string of the molecule is C=C.CC/C(F)=C\C(NC(=O)Nc1ccc(Oc2ccnc3cc(-c4ncc(CNCCOC)n4C)sc23)c(F)c1)=C(/C)F. The number of nitrogens with zero attached hydrogens (tertiary/aromatic N) is 3. The lowest BCUT2D eigenvalue weighted by atomic mass is 10.2. The summed E-state index contributed by atoms with van der Waals surface area (Å²) in [6.07, 6.45) is 4.32. The van der Waals surface area contributed by atoms with Crippen LogP contribution in [0.3, 0.4) is 0 Å². The Morgan fingerprint density at radius 3 is 2.61 bits per heavy atom. The highest BCUT2D eigenvalue weighted by Gasteiger charge is 2.17. The van der Waals surface area contributed by atoms with Gasteiger partial charge in [0.15, 0.2) is 11.6 Å². The van der Waals surface area contributed by atoms with Gasteiger partial charge in [0.05, 0.1) is 39.3 Å². The monoisotopic (exact) mass is 628 g/mol. The fourth-order valence-corrected chi connectivity index (χ4v) is 4.98. The van der Waals surface area contributed by atoms with Crippen molar-refractivity contribution in [2.75, 3.05) is 25.6 Å². The third kappa shape index (κ3) is 8.78. The van der Waals surface area contributed by atoms with Crippen LogP contribution in [0, 0.1) is 5.82 Å². The molecule has 9 nitrogen and oxygen atoms in total. The maximum absolute atomic E-state index is 15.0. The normalized spacial score (nSPS) is 11.9. The molecule has 4 aromatic rings. The molecule has 3 aromatic heterocycles. The highest BCUT2D eigenvalue weighted by atomic mass is 32.1. The van der Waals surface area contributed by atoms with Crippen LogP contribution in [0.2, 0.25) is 0 Å². The molecule has 0 aliphatic carbocycles. The maximum Gasteiger partial charge on any atom is 0.323 e. The summed E-state index contributed by atoms with van der Waals surface area (Å²) >= 11 is 1.42. The minimum absolute atomic E-state index is 0.0423. The van der Waals surface area contributed by atoms with Crippen molar-refractivity contribution in [1.29, 1.82) is 0 Å². The first-order valence-corrected chi connectivity index (χ1v) is 14.4. The van der Waals surface area contributed by atoms with Crippen LogP contribution in [0.4, 0.5) is 23.7 Å². The number of pyridine rings is 1. The van der Waals surface area contributed by atoms with Gasteiger partial charge in [0.1, 0.15) is 23.2 Å². The van der Waals surface area contributed by atoms with Crippen LogP contribution in [0.1, 0.15) is 26.0 Å². The number of methoxy groups -OCH3 is 1. The number of allylic oxidation sites excluding steroid dienone is 3. The zero-order chi connectivity index (χ0) is 32.2. The number of carbonyl (C=O) groups excluding carboxylic acids is 1. The molecule has 0 aliphatic rings. The summed E-state index contributed by atoms with van der Waals surface area (Å²) < 4.78 is 56.0. The number of thiophene rings is 1. The van der Waals surface area contributed by atoms with Gasteiger partial charge in [-0.3, -0.25) is 4.98 Å². The van der Waals surface area contributed by atoms with Gasteiger partial charge in [-0.05, 0) is 37.6 Å². The molecular formula is C31H35F3N6O3S. The van der Waals surface area contributed by atoms with Gasteiger partial charge in [0.2, 0.25) is 0 Å². The van der Waals surface area contributed by atoms with E-state index in [0.717, 1.165) is 42.0 Å². The Morgan fingerprint density at radius 2 is 1.93 bits per heavy atom. The Kier molecular flexibility index (Phi) is 12.7. The van der Waals surface area contributed by atoms with Gasteiger partial charge in [-0.2, -0.15) is 0 Å². The number of anilines is 1. The van der Waals surface area contributed by atoms with Crippen LogP contribution in [0.15, 0.2) is 79.3 Å². The van der Waals surface area contributed by atoms with Crippen molar-refractivity contribution in [2.45, 2.75) is 26.8 Å². The highest BCUT2D eigenvalue weighted by molar-refractivity contribution is 7.22. The van der Waals surface area contributed by atoms with Crippen molar-refractivity contribution in [2.24, 2.45) is 7.05 Å². The second kappa shape index (κ2) is 16.4. The van der Waals surface area contributed by atoms with Gasteiger partial charge in [-0.1, -0.05) is 6.92 Å². The van der Waals surface area contributed by atoms with E-state index in [-0.39, 0.29) is 23.6 Å². The number of benzene rings is 1. The molecule has 0 radical (unpaired) electrons. The molecule has 3 heterocycles. The average molecular weight is 629 g/mol. The molecule has 0 saturated heterocycles. The van der Waals surface area contributed by atoms with E-state index in [1.807, 2.05) is 23.9 Å². The summed E-state index contributed by atoms with van der Waals surface area (Å²) in [6.45, 7) is 10.6. The predicted molar refractivity (Wildman–Crippen MR) is 169 cm³/mol. The fraction of sp³-hybridized carbons (Fsp3) is 0.258. The molecule has 13 heteroatoms. The molecule has 234 valence electrons. The standard InChI is InChI=1S/C29H31F3N6O3S.C2H4/c1-5-18(31)12-22(17(2)30)37-29(39)36-19-6-7-24(21(32)13-19)41-25-8-9-34-23-14-26(42-27(23)25)28-35-16-20(38(28)3)15-33-10-11-40-4;1-2/h6-9,12-14,16,33H,5,10-11,15H2,1-4H3,(H2,36,37,39);1-2H2/b18-12+,22-17-;. The maximum atomic E-state index is 15.0. The number of hydrogen-bond acceptors (Lipinski definition) is 7. The molecule has 0 saturated carbocycles. The molecule has 0 atom stereocenters. The zero-order valence-electron chi connectivity index (χ0n) is 25.0. The topological polar surface area (TPSA) is 102 Å². The summed E-state index contributed by atoms with van der Waals surface area (Å²) in [6, 6.07) is 6.55. The first-order chi connectivity index (χ1) is 21.2. The quantitative estimate of drug-likeness (QED) is 0.0843. The molecule has 0 unspecified atom stereocenters. The third-order valence-corrected chi connectivity index (χ3v) is 7.27. The van der Waals surface area contributed by atoms with E-state index < -0.39 is 23.5 Å². The number of hydrogen-bond donors (Lipinski definition) is 3. The van der Waals surface area contributed by atoms with Gasteiger partial charge < -0.3 is 30.0 Å². The molecular weight excluding hydrogens is 593 g/mol. The van der Waals surface area contributed by atoms with Gasteiger partial charge in [-0.15, -0.1) is 24.5 Å². The van der Waals surface area contributed by atoms with Crippen molar-refractivity contribution in [3.63, 3.8) is 0 Å². The number of rotatable bonds is 12. The van der Waals surface area contributed by atoms with E-state index in [0.29, 0.717) is 29.1 Å². The number of carbonyl (C=O) groups is 1. The smallest absolute Gasteiger partial charge is 0.323 e. The minimum Gasteiger partial charge on any atom is -0.453 e. The van der Waals surface area contributed by atoms with Crippen LogP contribution in [-0.4, -0.2) is 40.8 Å². The lowest BCUT2D eigenvalue weighted by molar-refractivity contribution is 0.199. The fourth-order valence-electron chi connectivity index (χ4n) is 3.88. The van der Waals surface area contributed by atoms with Gasteiger partial charge in [0, 0.05) is 51.3 Å². The molecule has 2 amide bonds. The molecule has 0 fully saturated rings. The second-order valence-corrected chi connectivity index (χ2v) is 10.2. The van der Waals surface area contributed by atoms with E-state index in [9.17, 15) is 13.6 Å². The van der Waals surface area contributed by atoms with Gasteiger partial charge in [-0.25, -0.2) is 22.9 Å². The summed E-state index contributed by atoms with van der Waals surface area (Å²) in [5.41, 5.74) is 1.44. The van der Waals surface area contributed by atoms with Crippen LogP contribution in [-0.2, 0) is 18.3 Å². The Bertz CT molecular complexity index is 1650. The number of fused-ring (bicyclic) bond motifs is 1. The van der Waals surface area contributed by atoms with Crippen molar-refractivity contribution in [3.8, 4) is 22.2 Å². The molecule has 3 N–H and O–H groups in total. The number of urea groups is 1. The van der Waals surface area contributed by atoms with Crippen LogP contribution in [0.5, 0.6) is 11.5 Å². The number of imidazole rings is 1. The second-order valence-electron chi connectivity index (χ2n) is 9.15. The van der Waals surface area contributed by atoms with Crippen molar-refractivity contribution in [3.05, 3.63) is 90.8 Å². The zero-order valence-corrected chi connectivity index (χ0v) is 25.8. The van der Waals surface area contributed by atoms with Gasteiger partial charge in [0.25, 0.3) is 0 Å². The number of nitrogens with one attached hydrogen (secondary N) is 3. The predicted octanol–water partition coefficient (Wildman–Crippen LogP) is 7.75. The Labute approximate surface area is 258 Å². The molecule has 4 rings (SSSR count). The third-order valence-electron chi connectivity index (χ3n) is 6.14. The number of aromatic nitrogens is 3. The highest BCUT2D eigenvalue weighted by Crippen LogP contribution is 2.39. The van der Waals surface area contributed by atoms with Crippen LogP contribution >= 0.6 is 11.3 Å². The van der Waals surface area contributed by atoms with Crippen molar-refractivity contribution >= 4 is 33.3 Å². The number of halogens is 3. The lowest BCUT2D eigenvalue weighted by Gasteiger charge is -2.11. The van der Waals surface area contributed by atoms with E-state index >= 15 is 4.39 Å². The summed E-state index contributed by atoms with van der Waals surface area (Å²) in [4.78, 5) is 22.2. The van der Waals surface area contributed by atoms with E-state index in [4.69, 9.17) is 9.47 Å².